The van der Waals surface area contributed by atoms with Crippen LogP contribution < -0.4 is 15.2 Å². The fourth-order valence-electron chi connectivity index (χ4n) is 4.92. The van der Waals surface area contributed by atoms with Crippen LogP contribution in [0.3, 0.4) is 0 Å². The number of nitrogens with one attached hydrogen (secondary N) is 1. The third-order valence-corrected chi connectivity index (χ3v) is 8.71. The van der Waals surface area contributed by atoms with E-state index in [4.69, 9.17) is 9.47 Å². The molecule has 2 amide bonds. The average Bonchev–Trinajstić information content (AvgIpc) is 3.27. The minimum absolute atomic E-state index is 0.0377. The van der Waals surface area contributed by atoms with E-state index in [0.29, 0.717) is 17.7 Å². The van der Waals surface area contributed by atoms with Crippen LogP contribution in [0.4, 0.5) is 14.5 Å². The van der Waals surface area contributed by atoms with E-state index in [1.165, 1.54) is 29.8 Å². The average molecular weight is 571 g/mol. The van der Waals surface area contributed by atoms with Crippen LogP contribution in [0.25, 0.3) is 0 Å². The quantitative estimate of drug-likeness (QED) is 0.343. The van der Waals surface area contributed by atoms with Crippen molar-refractivity contribution in [1.29, 1.82) is 0 Å². The van der Waals surface area contributed by atoms with Crippen LogP contribution in [-0.2, 0) is 23.0 Å². The lowest BCUT2D eigenvalue weighted by molar-refractivity contribution is -0.121. The summed E-state index contributed by atoms with van der Waals surface area (Å²) in [4.78, 5) is 41.1. The van der Waals surface area contributed by atoms with Gasteiger partial charge in [-0.25, -0.2) is 13.6 Å². The summed E-state index contributed by atoms with van der Waals surface area (Å²) in [7, 11) is 0.719. The molecule has 1 atom stereocenters. The second kappa shape index (κ2) is 11.2. The zero-order chi connectivity index (χ0) is 29.4. The number of nitrogens with zero attached hydrogens (tertiary/aromatic N) is 3. The third-order valence-electron chi connectivity index (χ3n) is 6.73. The Hall–Kier alpha value is -4.06. The summed E-state index contributed by atoms with van der Waals surface area (Å²) in [5.74, 6) is -2.72. The summed E-state index contributed by atoms with van der Waals surface area (Å²) in [5.41, 5.74) is 1.33. The number of hydrogen-bond acceptors (Lipinski definition) is 6. The van der Waals surface area contributed by atoms with E-state index in [1.54, 1.807) is 25.1 Å². The Kier molecular flexibility index (Phi) is 8.10. The maximum absolute atomic E-state index is 14.9. The molecule has 1 aromatic heterocycles. The highest BCUT2D eigenvalue weighted by atomic mass is 28.3. The summed E-state index contributed by atoms with van der Waals surface area (Å²) in [5, 5.41) is 6.75. The smallest absolute Gasteiger partial charge is 0.358 e. The number of aromatic nitrogens is 2. The molecule has 0 spiro atoms. The monoisotopic (exact) mass is 570 g/mol. The fourth-order valence-corrected chi connectivity index (χ4v) is 6.50. The molecule has 0 aliphatic carbocycles. The van der Waals surface area contributed by atoms with Gasteiger partial charge in [0.1, 0.15) is 29.1 Å². The molecule has 2 heterocycles. The van der Waals surface area contributed by atoms with Gasteiger partial charge in [-0.15, -0.1) is 0 Å². The highest BCUT2D eigenvalue weighted by Gasteiger charge is 2.38. The summed E-state index contributed by atoms with van der Waals surface area (Å²) >= 11 is 0. The zero-order valence-corrected chi connectivity index (χ0v) is 24.3. The highest BCUT2D eigenvalue weighted by Crippen LogP contribution is 2.34. The molecular formula is C28H32F2N4O5Si. The van der Waals surface area contributed by atoms with E-state index in [-0.39, 0.29) is 35.4 Å². The van der Waals surface area contributed by atoms with Crippen LogP contribution in [0.1, 0.15) is 45.1 Å². The molecule has 4 rings (SSSR count). The number of ether oxygens (including phenoxy) is 2. The molecule has 1 aliphatic rings. The van der Waals surface area contributed by atoms with Gasteiger partial charge >= 0.3 is 5.97 Å². The first-order valence-electron chi connectivity index (χ1n) is 12.8. The van der Waals surface area contributed by atoms with Gasteiger partial charge in [0.15, 0.2) is 5.69 Å². The van der Waals surface area contributed by atoms with E-state index < -0.39 is 43.5 Å². The van der Waals surface area contributed by atoms with E-state index in [2.05, 4.69) is 10.4 Å². The lowest BCUT2D eigenvalue weighted by Gasteiger charge is -2.36. The van der Waals surface area contributed by atoms with Crippen molar-refractivity contribution in [2.75, 3.05) is 25.6 Å². The van der Waals surface area contributed by atoms with Gasteiger partial charge in [0.25, 0.3) is 11.8 Å². The minimum atomic E-state index is -2.32. The lowest BCUT2D eigenvalue weighted by Crippen LogP contribution is -2.46. The van der Waals surface area contributed by atoms with Gasteiger partial charge in [-0.3, -0.25) is 14.3 Å². The highest BCUT2D eigenvalue weighted by molar-refractivity contribution is 6.88. The standard InChI is InChI=1S/C28H32F2N4O5Si/c1-7-39-28(37)22-15-23(33(2)32-22)27(36)34-11-10-16-12-18(38-3)8-9-19(16)24(34)26(35)31-17-13-20(29)25(21(30)14-17)40(4,5)6/h8-9,12-15,24H,7,10-11H2,1-6H3,(H,31,35). The predicted octanol–water partition coefficient (Wildman–Crippen LogP) is 3.81. The number of aryl methyl sites for hydroxylation is 1. The first kappa shape index (κ1) is 28.9. The third kappa shape index (κ3) is 5.62. The Balaban J connectivity index is 1.73. The molecule has 0 radical (unpaired) electrons. The van der Waals surface area contributed by atoms with Gasteiger partial charge in [0.05, 0.1) is 21.8 Å². The van der Waals surface area contributed by atoms with Gasteiger partial charge in [-0.2, -0.15) is 5.10 Å². The second-order valence-electron chi connectivity index (χ2n) is 10.5. The minimum Gasteiger partial charge on any atom is -0.497 e. The number of carbonyl (C=O) groups excluding carboxylic acids is 3. The number of rotatable bonds is 7. The molecule has 0 fully saturated rings. The van der Waals surface area contributed by atoms with Gasteiger partial charge in [-0.1, -0.05) is 25.7 Å². The molecule has 1 unspecified atom stereocenters. The molecule has 40 heavy (non-hydrogen) atoms. The van der Waals surface area contributed by atoms with Gasteiger partial charge < -0.3 is 19.7 Å². The first-order chi connectivity index (χ1) is 18.8. The Morgan fingerprint density at radius 3 is 2.38 bits per heavy atom. The molecule has 9 nitrogen and oxygen atoms in total. The number of esters is 1. The maximum atomic E-state index is 14.9. The number of carbonyl (C=O) groups is 3. The Morgan fingerprint density at radius 2 is 1.77 bits per heavy atom. The largest absolute Gasteiger partial charge is 0.497 e. The molecule has 1 aliphatic heterocycles. The van der Waals surface area contributed by atoms with Crippen molar-refractivity contribution in [1.82, 2.24) is 14.7 Å². The number of anilines is 1. The van der Waals surface area contributed by atoms with Crippen molar-refractivity contribution in [3.8, 4) is 5.75 Å². The van der Waals surface area contributed by atoms with Gasteiger partial charge in [-0.05, 0) is 48.7 Å². The zero-order valence-electron chi connectivity index (χ0n) is 23.3. The van der Waals surface area contributed by atoms with E-state index in [0.717, 1.165) is 17.7 Å². The SMILES string of the molecule is CCOC(=O)c1cc(C(=O)N2CCc3cc(OC)ccc3C2C(=O)Nc2cc(F)c([Si](C)(C)C)c(F)c2)n(C)n1. The van der Waals surface area contributed by atoms with Crippen molar-refractivity contribution < 1.29 is 32.6 Å². The Bertz CT molecular complexity index is 1460. The van der Waals surface area contributed by atoms with Crippen molar-refractivity contribution in [2.45, 2.75) is 39.0 Å². The van der Waals surface area contributed by atoms with E-state index in [1.807, 2.05) is 19.6 Å². The Labute approximate surface area is 232 Å². The van der Waals surface area contributed by atoms with E-state index >= 15 is 0 Å². The molecule has 2 aromatic carbocycles. The maximum Gasteiger partial charge on any atom is 0.358 e. The molecule has 0 bridgehead atoms. The first-order valence-corrected chi connectivity index (χ1v) is 16.3. The number of amides is 2. The summed E-state index contributed by atoms with van der Waals surface area (Å²) in [6.07, 6.45) is 0.429. The number of fused-ring (bicyclic) bond motifs is 1. The van der Waals surface area contributed by atoms with Crippen molar-refractivity contribution >= 4 is 36.7 Å². The van der Waals surface area contributed by atoms with Gasteiger partial charge in [0, 0.05) is 30.5 Å². The summed E-state index contributed by atoms with van der Waals surface area (Å²) in [6.45, 7) is 7.45. The molecule has 0 saturated heterocycles. The van der Waals surface area contributed by atoms with E-state index in [9.17, 15) is 23.2 Å². The van der Waals surface area contributed by atoms with Crippen LogP contribution in [0, 0.1) is 11.6 Å². The normalized spacial score (nSPS) is 14.9. The van der Waals surface area contributed by atoms with Crippen LogP contribution in [0.15, 0.2) is 36.4 Å². The van der Waals surface area contributed by atoms with Crippen LogP contribution in [0.5, 0.6) is 5.75 Å². The molecule has 12 heteroatoms. The van der Waals surface area contributed by atoms with Crippen molar-refractivity contribution in [3.05, 3.63) is 70.5 Å². The number of hydrogen-bond donors (Lipinski definition) is 1. The summed E-state index contributed by atoms with van der Waals surface area (Å²) in [6, 6.07) is 7.56. The van der Waals surface area contributed by atoms with Crippen LogP contribution in [0.2, 0.25) is 19.6 Å². The van der Waals surface area contributed by atoms with Crippen molar-refractivity contribution in [3.63, 3.8) is 0 Å². The molecular weight excluding hydrogens is 538 g/mol. The van der Waals surface area contributed by atoms with Crippen LogP contribution in [-0.4, -0.2) is 60.8 Å². The topological polar surface area (TPSA) is 103 Å². The summed E-state index contributed by atoms with van der Waals surface area (Å²) < 4.78 is 41.4. The lowest BCUT2D eigenvalue weighted by atomic mass is 9.91. The fraction of sp³-hybridized carbons (Fsp3) is 0.357. The predicted molar refractivity (Wildman–Crippen MR) is 148 cm³/mol. The molecule has 1 N–H and O–H groups in total. The van der Waals surface area contributed by atoms with Gasteiger partial charge in [0.2, 0.25) is 0 Å². The number of halogens is 2. The second-order valence-corrected chi connectivity index (χ2v) is 15.5. The van der Waals surface area contributed by atoms with Crippen LogP contribution >= 0.6 is 0 Å². The van der Waals surface area contributed by atoms with Crippen molar-refractivity contribution in [2.24, 2.45) is 7.05 Å². The Morgan fingerprint density at radius 1 is 1.10 bits per heavy atom. The number of methoxy groups -OCH3 is 1. The molecule has 212 valence electrons. The molecule has 3 aromatic rings. The molecule has 0 saturated carbocycles. The number of benzene rings is 2.